The Morgan fingerprint density at radius 2 is 0.425 bits per heavy atom. The van der Waals surface area contributed by atoms with Crippen LogP contribution in [0.15, 0.2) is 431 Å². The molecule has 5 nitrogen and oxygen atoms in total. The van der Waals surface area contributed by atoms with E-state index in [4.69, 9.17) is 15.0 Å². The molecule has 106 heavy (non-hydrogen) atoms. The van der Waals surface area contributed by atoms with Gasteiger partial charge in [-0.3, -0.25) is 0 Å². The van der Waals surface area contributed by atoms with Crippen molar-refractivity contribution in [1.82, 2.24) is 24.1 Å². The molecule has 7 heteroatoms. The minimum absolute atomic E-state index is 0.635. The zero-order valence-corrected chi connectivity index (χ0v) is 60.2. The Hall–Kier alpha value is -13.4. The van der Waals surface area contributed by atoms with Gasteiger partial charge in [0.1, 0.15) is 0 Å². The van der Waals surface area contributed by atoms with Gasteiger partial charge in [0, 0.05) is 49.6 Å². The quantitative estimate of drug-likeness (QED) is 0.0759. The second-order valence-corrected chi connectivity index (χ2v) is 34.6. The molecule has 0 aliphatic heterocycles. The average Bonchev–Trinajstić information content (AvgIpc) is 1.43. The van der Waals surface area contributed by atoms with Gasteiger partial charge in [-0.25, -0.2) is 15.0 Å². The van der Waals surface area contributed by atoms with Gasteiger partial charge in [-0.05, 0) is 112 Å². The monoisotopic (exact) mass is 1390 g/mol. The highest BCUT2D eigenvalue weighted by Gasteiger charge is 2.43. The van der Waals surface area contributed by atoms with Crippen molar-refractivity contribution >= 4 is 101 Å². The Morgan fingerprint density at radius 1 is 0.160 bits per heavy atom. The topological polar surface area (TPSA) is 48.5 Å². The summed E-state index contributed by atoms with van der Waals surface area (Å²) < 4.78 is 4.82. The highest BCUT2D eigenvalue weighted by Crippen LogP contribution is 2.38. The first-order valence-electron chi connectivity index (χ1n) is 36.2. The SMILES string of the molecule is c1ccc(-c2cccc(-c3cccc(-n4c5ccccc5c5ccc(-n6c7ccccc7c7ccccc76)cc54)c3)c2)cc1.c1ccc(-c2nc(-c3cccc([Si](c4ccccc4)(c4ccccc4)c4ccccc4)c3)nc(-c3cccc([Si](c4ccccc4)(c4ccccc4)c4ccccc4)c3)n2)cc1. The molecule has 19 aromatic rings. The summed E-state index contributed by atoms with van der Waals surface area (Å²) in [6.07, 6.45) is 0. The summed E-state index contributed by atoms with van der Waals surface area (Å²) >= 11 is 0. The molecule has 0 fully saturated rings. The minimum atomic E-state index is -2.81. The molecular weight excluding hydrogens is 1320 g/mol. The van der Waals surface area contributed by atoms with Gasteiger partial charge >= 0.3 is 0 Å². The fraction of sp³-hybridized carbons (Fsp3) is 0. The summed E-state index contributed by atoms with van der Waals surface area (Å²) in [5.74, 6) is 1.91. The summed E-state index contributed by atoms with van der Waals surface area (Å²) in [6.45, 7) is 0. The normalized spacial score (nSPS) is 11.6. The number of hydrogen-bond donors (Lipinski definition) is 0. The van der Waals surface area contributed by atoms with E-state index in [-0.39, 0.29) is 0 Å². The third-order valence-electron chi connectivity index (χ3n) is 20.9. The van der Waals surface area contributed by atoms with E-state index in [1.54, 1.807) is 0 Å². The van der Waals surface area contributed by atoms with Crippen LogP contribution in [0, 0.1) is 0 Å². The van der Waals surface area contributed by atoms with E-state index < -0.39 is 16.1 Å². The first kappa shape index (κ1) is 64.6. The number of para-hydroxylation sites is 3. The van der Waals surface area contributed by atoms with E-state index in [0.29, 0.717) is 17.5 Å². The number of aromatic nitrogens is 5. The lowest BCUT2D eigenvalue weighted by atomic mass is 9.99. The molecule has 0 bridgehead atoms. The largest absolute Gasteiger partial charge is 0.309 e. The van der Waals surface area contributed by atoms with Crippen molar-refractivity contribution in [1.29, 1.82) is 0 Å². The van der Waals surface area contributed by atoms with E-state index >= 15 is 0 Å². The van der Waals surface area contributed by atoms with E-state index in [1.165, 1.54) is 107 Å². The second kappa shape index (κ2) is 28.4. The van der Waals surface area contributed by atoms with Gasteiger partial charge in [0.2, 0.25) is 0 Å². The predicted molar refractivity (Wildman–Crippen MR) is 449 cm³/mol. The summed E-state index contributed by atoms with van der Waals surface area (Å²) in [4.78, 5) is 15.9. The maximum Gasteiger partial charge on any atom is 0.179 e. The van der Waals surface area contributed by atoms with Crippen LogP contribution in [-0.4, -0.2) is 40.2 Å². The average molecular weight is 1390 g/mol. The van der Waals surface area contributed by atoms with Crippen molar-refractivity contribution in [2.75, 3.05) is 0 Å². The van der Waals surface area contributed by atoms with Crippen molar-refractivity contribution in [3.8, 4) is 67.8 Å². The van der Waals surface area contributed by atoms with Gasteiger partial charge < -0.3 is 9.13 Å². The molecule has 3 heterocycles. The molecular formula is C99H71N5Si2. The van der Waals surface area contributed by atoms with Crippen LogP contribution in [0.4, 0.5) is 0 Å². The molecule has 0 aliphatic carbocycles. The molecule has 3 aromatic heterocycles. The number of nitrogens with zero attached hydrogens (tertiary/aromatic N) is 5. The Bertz CT molecular complexity index is 5880. The maximum atomic E-state index is 5.39. The highest BCUT2D eigenvalue weighted by molar-refractivity contribution is 7.20. The summed E-state index contributed by atoms with van der Waals surface area (Å²) in [5.41, 5.74) is 14.8. The van der Waals surface area contributed by atoms with E-state index in [2.05, 4.69) is 422 Å². The fourth-order valence-corrected chi connectivity index (χ4v) is 25.8. The highest BCUT2D eigenvalue weighted by atomic mass is 28.3. The molecule has 0 atom stereocenters. The van der Waals surface area contributed by atoms with Gasteiger partial charge in [-0.1, -0.05) is 382 Å². The standard InChI is InChI=1S/C57H43N3Si2.C42H28N2/c1-8-24-44(25-9-1)55-58-56(45-26-22-40-53(42-45)61(47-28-10-2-11-29-47,48-30-12-3-13-31-48)49-32-14-4-15-33-49)60-57(59-55)46-27-23-41-54(43-46)62(50-34-16-5-17-35-50,51-36-18-6-19-37-51)52-38-20-7-21-39-52;1-2-12-29(13-3-1)30-14-10-15-31(26-30)32-16-11-17-33(27-32)44-41-23-9-6-20-37(41)38-25-24-34(28-42(38)44)43-39-21-7-4-18-35(39)36-19-5-8-22-40(36)43/h1-43H;1-28H. The van der Waals surface area contributed by atoms with E-state index in [9.17, 15) is 0 Å². The summed E-state index contributed by atoms with van der Waals surface area (Å²) in [5, 5.41) is 15.5. The summed E-state index contributed by atoms with van der Waals surface area (Å²) in [6, 6.07) is 156. The van der Waals surface area contributed by atoms with Crippen LogP contribution in [0.5, 0.6) is 0 Å². The van der Waals surface area contributed by atoms with Crippen molar-refractivity contribution in [3.05, 3.63) is 431 Å². The maximum absolute atomic E-state index is 5.39. The van der Waals surface area contributed by atoms with Gasteiger partial charge in [-0.2, -0.15) is 0 Å². The lowest BCUT2D eigenvalue weighted by Gasteiger charge is -2.34. The molecule has 500 valence electrons. The molecule has 0 radical (unpaired) electrons. The number of hydrogen-bond acceptors (Lipinski definition) is 3. The zero-order chi connectivity index (χ0) is 70.6. The zero-order valence-electron chi connectivity index (χ0n) is 58.2. The Kier molecular flexibility index (Phi) is 17.3. The minimum Gasteiger partial charge on any atom is -0.309 e. The molecule has 19 rings (SSSR count). The molecule has 0 saturated heterocycles. The van der Waals surface area contributed by atoms with Crippen LogP contribution in [0.2, 0.25) is 0 Å². The van der Waals surface area contributed by atoms with Crippen LogP contribution in [0.25, 0.3) is 111 Å². The second-order valence-electron chi connectivity index (χ2n) is 27.0. The third kappa shape index (κ3) is 11.8. The number of benzene rings is 16. The van der Waals surface area contributed by atoms with E-state index in [1.807, 2.05) is 18.2 Å². The van der Waals surface area contributed by atoms with Crippen LogP contribution in [-0.2, 0) is 0 Å². The van der Waals surface area contributed by atoms with Crippen molar-refractivity contribution < 1.29 is 0 Å². The molecule has 0 spiro atoms. The van der Waals surface area contributed by atoms with Crippen LogP contribution < -0.4 is 41.5 Å². The smallest absolute Gasteiger partial charge is 0.179 e. The first-order chi connectivity index (χ1) is 52.6. The number of rotatable bonds is 15. The van der Waals surface area contributed by atoms with Crippen molar-refractivity contribution in [2.24, 2.45) is 0 Å². The molecule has 0 aliphatic rings. The first-order valence-corrected chi connectivity index (χ1v) is 40.2. The van der Waals surface area contributed by atoms with Gasteiger partial charge in [0.25, 0.3) is 0 Å². The van der Waals surface area contributed by atoms with Crippen LogP contribution in [0.3, 0.4) is 0 Å². The molecule has 0 amide bonds. The molecule has 0 N–H and O–H groups in total. The van der Waals surface area contributed by atoms with Crippen molar-refractivity contribution in [2.45, 2.75) is 0 Å². The third-order valence-corrected chi connectivity index (χ3v) is 30.5. The Morgan fingerprint density at radius 3 is 0.830 bits per heavy atom. The van der Waals surface area contributed by atoms with Crippen LogP contribution >= 0.6 is 0 Å². The van der Waals surface area contributed by atoms with Gasteiger partial charge in [0.05, 0.1) is 22.1 Å². The van der Waals surface area contributed by atoms with Gasteiger partial charge in [-0.15, -0.1) is 0 Å². The van der Waals surface area contributed by atoms with E-state index in [0.717, 1.165) is 28.1 Å². The van der Waals surface area contributed by atoms with Crippen molar-refractivity contribution in [3.63, 3.8) is 0 Å². The Balaban J connectivity index is 0.000000159. The van der Waals surface area contributed by atoms with Gasteiger partial charge in [0.15, 0.2) is 33.6 Å². The van der Waals surface area contributed by atoms with Crippen LogP contribution in [0.1, 0.15) is 0 Å². The molecule has 16 aromatic carbocycles. The lowest BCUT2D eigenvalue weighted by molar-refractivity contribution is 1.07. The Labute approximate surface area is 619 Å². The summed E-state index contributed by atoms with van der Waals surface area (Å²) in [7, 11) is -5.62. The molecule has 0 unspecified atom stereocenters. The predicted octanol–water partition coefficient (Wildman–Crippen LogP) is 18.8. The lowest BCUT2D eigenvalue weighted by Crippen LogP contribution is -2.74. The number of fused-ring (bicyclic) bond motifs is 6. The molecule has 0 saturated carbocycles. The fourth-order valence-electron chi connectivity index (χ4n) is 16.2.